The molecule has 1 atom stereocenters. The largest absolute Gasteiger partial charge is 0.326 e. The van der Waals surface area contributed by atoms with Gasteiger partial charge < -0.3 is 5.32 Å². The highest BCUT2D eigenvalue weighted by Gasteiger charge is 2.26. The lowest BCUT2D eigenvalue weighted by Crippen LogP contribution is -2.40. The molecule has 3 aromatic rings. The zero-order valence-electron chi connectivity index (χ0n) is 17.2. The molecule has 1 amide bonds. The average molecular weight is 428 g/mol. The molecule has 7 heteroatoms. The second-order valence-electron chi connectivity index (χ2n) is 8.20. The molecule has 158 valence electrons. The third-order valence-electron chi connectivity index (χ3n) is 5.59. The van der Waals surface area contributed by atoms with Crippen molar-refractivity contribution in [3.05, 3.63) is 63.5 Å². The Bertz CT molecular complexity index is 1100. The summed E-state index contributed by atoms with van der Waals surface area (Å²) in [5, 5.41) is 3.03. The number of fused-ring (bicyclic) bond motifs is 1. The first-order valence-electron chi connectivity index (χ1n) is 10.3. The Morgan fingerprint density at radius 1 is 1.23 bits per heavy atom. The molecule has 2 heterocycles. The summed E-state index contributed by atoms with van der Waals surface area (Å²) in [5.74, 6) is -0.317. The standard InChI is InChI=1S/C23H26FN3O2S/c1-15(2)27-20-10-9-19(12-21(20)30-23(27)29)25-22(28)17-4-3-11-26(14-17)13-16-5-7-18(24)8-6-16/h5-10,12,15,17H,3-4,11,13-14H2,1-2H3,(H,25,28). The summed E-state index contributed by atoms with van der Waals surface area (Å²) >= 11 is 1.21. The van der Waals surface area contributed by atoms with Crippen molar-refractivity contribution in [1.29, 1.82) is 0 Å². The lowest BCUT2D eigenvalue weighted by molar-refractivity contribution is -0.121. The number of aromatic nitrogens is 1. The summed E-state index contributed by atoms with van der Waals surface area (Å²) < 4.78 is 15.8. The summed E-state index contributed by atoms with van der Waals surface area (Å²) in [4.78, 5) is 27.4. The summed E-state index contributed by atoms with van der Waals surface area (Å²) in [7, 11) is 0. The van der Waals surface area contributed by atoms with Crippen LogP contribution in [0.3, 0.4) is 0 Å². The van der Waals surface area contributed by atoms with Crippen LogP contribution in [0, 0.1) is 11.7 Å². The van der Waals surface area contributed by atoms with Gasteiger partial charge in [-0.05, 0) is 69.1 Å². The summed E-state index contributed by atoms with van der Waals surface area (Å²) in [6, 6.07) is 12.3. The minimum atomic E-state index is -0.236. The van der Waals surface area contributed by atoms with E-state index < -0.39 is 0 Å². The lowest BCUT2D eigenvalue weighted by Gasteiger charge is -2.32. The smallest absolute Gasteiger partial charge is 0.308 e. The second-order valence-corrected chi connectivity index (χ2v) is 9.20. The zero-order valence-corrected chi connectivity index (χ0v) is 18.0. The Labute approximate surface area is 179 Å². The molecule has 0 saturated carbocycles. The van der Waals surface area contributed by atoms with Gasteiger partial charge in [-0.2, -0.15) is 0 Å². The average Bonchev–Trinajstić information content (AvgIpc) is 3.05. The number of piperidine rings is 1. The van der Waals surface area contributed by atoms with Crippen LogP contribution in [0.2, 0.25) is 0 Å². The molecule has 4 rings (SSSR count). The Balaban J connectivity index is 1.43. The number of benzene rings is 2. The van der Waals surface area contributed by atoms with E-state index in [0.29, 0.717) is 13.1 Å². The van der Waals surface area contributed by atoms with E-state index in [-0.39, 0.29) is 28.6 Å². The molecular formula is C23H26FN3O2S. The minimum Gasteiger partial charge on any atom is -0.326 e. The first-order chi connectivity index (χ1) is 14.4. The number of amides is 1. The van der Waals surface area contributed by atoms with Crippen molar-refractivity contribution in [2.45, 2.75) is 39.3 Å². The maximum Gasteiger partial charge on any atom is 0.308 e. The second kappa shape index (κ2) is 8.70. The van der Waals surface area contributed by atoms with Gasteiger partial charge in [0.05, 0.1) is 16.1 Å². The van der Waals surface area contributed by atoms with Gasteiger partial charge >= 0.3 is 4.87 Å². The minimum absolute atomic E-state index is 0.00814. The number of likely N-dealkylation sites (tertiary alicyclic amines) is 1. The molecule has 30 heavy (non-hydrogen) atoms. The van der Waals surface area contributed by atoms with E-state index in [1.54, 1.807) is 16.7 Å². The Morgan fingerprint density at radius 3 is 2.73 bits per heavy atom. The summed E-state index contributed by atoms with van der Waals surface area (Å²) in [6.07, 6.45) is 1.81. The van der Waals surface area contributed by atoms with Gasteiger partial charge in [-0.15, -0.1) is 0 Å². The van der Waals surface area contributed by atoms with Crippen LogP contribution in [0.5, 0.6) is 0 Å². The van der Waals surface area contributed by atoms with Crippen molar-refractivity contribution in [2.75, 3.05) is 18.4 Å². The number of nitrogens with one attached hydrogen (secondary N) is 1. The number of hydrogen-bond donors (Lipinski definition) is 1. The SMILES string of the molecule is CC(C)n1c(=O)sc2cc(NC(=O)C3CCCN(Cc4ccc(F)cc4)C3)ccc21. The number of carbonyl (C=O) groups is 1. The van der Waals surface area contributed by atoms with Crippen molar-refractivity contribution >= 4 is 33.1 Å². The van der Waals surface area contributed by atoms with E-state index in [4.69, 9.17) is 0 Å². The maximum atomic E-state index is 13.1. The van der Waals surface area contributed by atoms with Gasteiger partial charge in [0, 0.05) is 24.8 Å². The molecule has 1 aromatic heterocycles. The Hall–Kier alpha value is -2.51. The van der Waals surface area contributed by atoms with Gasteiger partial charge in [0.25, 0.3) is 0 Å². The maximum absolute atomic E-state index is 13.1. The van der Waals surface area contributed by atoms with Gasteiger partial charge in [0.2, 0.25) is 5.91 Å². The van der Waals surface area contributed by atoms with E-state index >= 15 is 0 Å². The number of nitrogens with zero attached hydrogens (tertiary/aromatic N) is 2. The number of thiazole rings is 1. The van der Waals surface area contributed by atoms with Crippen molar-refractivity contribution in [1.82, 2.24) is 9.47 Å². The van der Waals surface area contributed by atoms with Gasteiger partial charge in [-0.1, -0.05) is 23.5 Å². The molecule has 1 unspecified atom stereocenters. The van der Waals surface area contributed by atoms with E-state index in [2.05, 4.69) is 10.2 Å². The predicted octanol–water partition coefficient (Wildman–Crippen LogP) is 4.63. The van der Waals surface area contributed by atoms with E-state index in [1.807, 2.05) is 32.0 Å². The predicted molar refractivity (Wildman–Crippen MR) is 120 cm³/mol. The molecule has 1 saturated heterocycles. The van der Waals surface area contributed by atoms with Gasteiger partial charge in [-0.25, -0.2) is 4.39 Å². The van der Waals surface area contributed by atoms with Crippen LogP contribution in [-0.2, 0) is 11.3 Å². The number of anilines is 1. The molecule has 1 N–H and O–H groups in total. The van der Waals surface area contributed by atoms with E-state index in [0.717, 1.165) is 40.9 Å². The first-order valence-corrected chi connectivity index (χ1v) is 11.1. The first kappa shape index (κ1) is 20.8. The topological polar surface area (TPSA) is 54.3 Å². The van der Waals surface area contributed by atoms with Crippen molar-refractivity contribution < 1.29 is 9.18 Å². The molecule has 5 nitrogen and oxygen atoms in total. The van der Waals surface area contributed by atoms with Crippen LogP contribution >= 0.6 is 11.3 Å². The highest BCUT2D eigenvalue weighted by molar-refractivity contribution is 7.16. The molecule has 2 aromatic carbocycles. The monoisotopic (exact) mass is 427 g/mol. The fourth-order valence-corrected chi connectivity index (χ4v) is 5.16. The van der Waals surface area contributed by atoms with Crippen LogP contribution in [-0.4, -0.2) is 28.5 Å². The number of carbonyl (C=O) groups excluding carboxylic acids is 1. The molecule has 0 spiro atoms. The number of rotatable bonds is 5. The molecule has 1 aliphatic heterocycles. The molecule has 0 bridgehead atoms. The summed E-state index contributed by atoms with van der Waals surface area (Å²) in [6.45, 7) is 6.31. The van der Waals surface area contributed by atoms with Crippen LogP contribution in [0.15, 0.2) is 47.3 Å². The van der Waals surface area contributed by atoms with Crippen LogP contribution < -0.4 is 10.2 Å². The van der Waals surface area contributed by atoms with Crippen molar-refractivity contribution in [3.63, 3.8) is 0 Å². The highest BCUT2D eigenvalue weighted by atomic mass is 32.1. The van der Waals surface area contributed by atoms with Crippen molar-refractivity contribution in [2.24, 2.45) is 5.92 Å². The quantitative estimate of drug-likeness (QED) is 0.646. The van der Waals surface area contributed by atoms with Crippen molar-refractivity contribution in [3.8, 4) is 0 Å². The van der Waals surface area contributed by atoms with E-state index in [1.165, 1.54) is 23.5 Å². The van der Waals surface area contributed by atoms with Gasteiger partial charge in [0.15, 0.2) is 0 Å². The van der Waals surface area contributed by atoms with Gasteiger partial charge in [-0.3, -0.25) is 19.1 Å². The van der Waals surface area contributed by atoms with E-state index in [9.17, 15) is 14.0 Å². The molecule has 0 aliphatic carbocycles. The summed E-state index contributed by atoms with van der Waals surface area (Å²) in [5.41, 5.74) is 2.67. The van der Waals surface area contributed by atoms with Gasteiger partial charge in [0.1, 0.15) is 5.82 Å². The molecule has 1 aliphatic rings. The number of hydrogen-bond acceptors (Lipinski definition) is 4. The third-order valence-corrected chi connectivity index (χ3v) is 6.51. The van der Waals surface area contributed by atoms with Crippen LogP contribution in [0.4, 0.5) is 10.1 Å². The lowest BCUT2D eigenvalue weighted by atomic mass is 9.96. The Kier molecular flexibility index (Phi) is 6.01. The van der Waals surface area contributed by atoms with Crippen LogP contribution in [0.25, 0.3) is 10.2 Å². The molecule has 1 fully saturated rings. The number of halogens is 1. The molecule has 0 radical (unpaired) electrons. The normalized spacial score (nSPS) is 17.5. The zero-order chi connectivity index (χ0) is 21.3. The fraction of sp³-hybridized carbons (Fsp3) is 0.391. The highest BCUT2D eigenvalue weighted by Crippen LogP contribution is 2.26. The fourth-order valence-electron chi connectivity index (χ4n) is 4.11. The van der Waals surface area contributed by atoms with Crippen LogP contribution in [0.1, 0.15) is 38.3 Å². The Morgan fingerprint density at radius 2 is 2.00 bits per heavy atom. The third kappa shape index (κ3) is 4.47. The molecular weight excluding hydrogens is 401 g/mol.